The highest BCUT2D eigenvalue weighted by atomic mass is 28.4. The van der Waals surface area contributed by atoms with Crippen LogP contribution in [0.2, 0.25) is 19.6 Å². The largest absolute Gasteiger partial charge is 0.414 e. The normalized spacial score (nSPS) is 16.0. The quantitative estimate of drug-likeness (QED) is 0.428. The Balaban J connectivity index is 2.81. The molecular weight excluding hydrogens is 296 g/mol. The minimum atomic E-state index is -1.60. The average molecular weight is 324 g/mol. The molecule has 1 aromatic carbocycles. The molecule has 5 nitrogen and oxygen atoms in total. The Morgan fingerprint density at radius 1 is 1.27 bits per heavy atom. The number of nitrogens with one attached hydrogen (secondary N) is 1. The molecule has 0 aliphatic heterocycles. The van der Waals surface area contributed by atoms with Gasteiger partial charge in [0, 0.05) is 17.9 Å². The third-order valence-corrected chi connectivity index (χ3v) is 4.52. The predicted octanol–water partition coefficient (Wildman–Crippen LogP) is 3.61. The molecule has 0 radical (unpaired) electrons. The smallest absolute Gasteiger partial charge is 0.232 e. The molecule has 0 spiro atoms. The lowest BCUT2D eigenvalue weighted by Gasteiger charge is -2.27. The van der Waals surface area contributed by atoms with Crippen molar-refractivity contribution in [3.63, 3.8) is 0 Å². The summed E-state index contributed by atoms with van der Waals surface area (Å²) in [5.74, 6) is 0. The molecular formula is C16H28N2O3Si. The topological polar surface area (TPSA) is 64.4 Å². The maximum atomic E-state index is 11.4. The number of hydrogen-bond acceptors (Lipinski definition) is 4. The Kier molecular flexibility index (Phi) is 7.18. The minimum Gasteiger partial charge on any atom is -0.414 e. The van der Waals surface area contributed by atoms with Crippen molar-refractivity contribution in [1.82, 2.24) is 5.32 Å². The first-order valence-electron chi connectivity index (χ1n) is 7.84. The minimum absolute atomic E-state index is 0.0436. The van der Waals surface area contributed by atoms with Gasteiger partial charge in [-0.3, -0.25) is 10.1 Å². The standard InChI is InChI=1S/C16H28N2O3Si/c1-6-15(18(19)20)16(14-10-8-7-9-11-14)17-12-13(2)21-22(3,4)5/h7-11,13,15-17H,6,12H2,1-5H3/t13?,15-,16+/m0/s1. The van der Waals surface area contributed by atoms with Crippen molar-refractivity contribution in [1.29, 1.82) is 0 Å². The van der Waals surface area contributed by atoms with Crippen molar-refractivity contribution >= 4 is 8.32 Å². The van der Waals surface area contributed by atoms with Crippen LogP contribution < -0.4 is 5.32 Å². The zero-order chi connectivity index (χ0) is 16.8. The van der Waals surface area contributed by atoms with Crippen LogP contribution in [0.15, 0.2) is 30.3 Å². The SMILES string of the molecule is CC[C@@H]([C@H](NCC(C)O[Si](C)(C)C)c1ccccc1)[N+](=O)[O-]. The van der Waals surface area contributed by atoms with Crippen molar-refractivity contribution in [2.45, 2.75) is 58.1 Å². The number of hydrogen-bond donors (Lipinski definition) is 1. The van der Waals surface area contributed by atoms with E-state index in [2.05, 4.69) is 25.0 Å². The highest BCUT2D eigenvalue weighted by Gasteiger charge is 2.31. The van der Waals surface area contributed by atoms with Crippen molar-refractivity contribution in [2.24, 2.45) is 0 Å². The first-order chi connectivity index (χ1) is 10.2. The second-order valence-corrected chi connectivity index (χ2v) is 11.1. The van der Waals surface area contributed by atoms with Crippen LogP contribution in [0.3, 0.4) is 0 Å². The monoisotopic (exact) mass is 324 g/mol. The van der Waals surface area contributed by atoms with E-state index < -0.39 is 14.4 Å². The van der Waals surface area contributed by atoms with Gasteiger partial charge in [-0.05, 0) is 32.1 Å². The first kappa shape index (κ1) is 18.8. The summed E-state index contributed by atoms with van der Waals surface area (Å²) < 4.78 is 6.00. The molecule has 0 heterocycles. The zero-order valence-corrected chi connectivity index (χ0v) is 15.2. The number of nitrogens with zero attached hydrogens (tertiary/aromatic N) is 1. The Labute approximate surface area is 134 Å². The third kappa shape index (κ3) is 6.25. The van der Waals surface area contributed by atoms with Gasteiger partial charge < -0.3 is 9.74 Å². The molecule has 124 valence electrons. The van der Waals surface area contributed by atoms with Gasteiger partial charge in [0.25, 0.3) is 0 Å². The second-order valence-electron chi connectivity index (χ2n) is 6.60. The van der Waals surface area contributed by atoms with E-state index in [1.54, 1.807) is 0 Å². The summed E-state index contributed by atoms with van der Waals surface area (Å²) in [5.41, 5.74) is 0.950. The third-order valence-electron chi connectivity index (χ3n) is 3.41. The highest BCUT2D eigenvalue weighted by Crippen LogP contribution is 2.21. The number of nitro groups is 1. The van der Waals surface area contributed by atoms with E-state index in [-0.39, 0.29) is 17.1 Å². The molecule has 1 aromatic rings. The van der Waals surface area contributed by atoms with E-state index in [1.165, 1.54) is 0 Å². The number of rotatable bonds is 9. The Morgan fingerprint density at radius 3 is 2.32 bits per heavy atom. The maximum absolute atomic E-state index is 11.4. The molecule has 0 aliphatic carbocycles. The average Bonchev–Trinajstić information content (AvgIpc) is 2.42. The van der Waals surface area contributed by atoms with Gasteiger partial charge in [-0.25, -0.2) is 0 Å². The molecule has 1 unspecified atom stereocenters. The summed E-state index contributed by atoms with van der Waals surface area (Å²) in [6.07, 6.45) is 0.533. The van der Waals surface area contributed by atoms with Crippen LogP contribution in [0.25, 0.3) is 0 Å². The van der Waals surface area contributed by atoms with E-state index in [4.69, 9.17) is 4.43 Å². The maximum Gasteiger partial charge on any atom is 0.232 e. The lowest BCUT2D eigenvalue weighted by Crippen LogP contribution is -2.42. The fraction of sp³-hybridized carbons (Fsp3) is 0.625. The van der Waals surface area contributed by atoms with E-state index in [1.807, 2.05) is 44.2 Å². The summed E-state index contributed by atoms with van der Waals surface area (Å²) >= 11 is 0. The first-order valence-corrected chi connectivity index (χ1v) is 11.2. The molecule has 1 rings (SSSR count). The fourth-order valence-corrected chi connectivity index (χ4v) is 3.87. The Morgan fingerprint density at radius 2 is 1.86 bits per heavy atom. The van der Waals surface area contributed by atoms with E-state index >= 15 is 0 Å². The molecule has 0 fully saturated rings. The molecule has 3 atom stereocenters. The summed E-state index contributed by atoms with van der Waals surface area (Å²) in [5, 5.41) is 14.7. The lowest BCUT2D eigenvalue weighted by molar-refractivity contribution is -0.528. The van der Waals surface area contributed by atoms with E-state index in [9.17, 15) is 10.1 Å². The van der Waals surface area contributed by atoms with Crippen LogP contribution in [-0.2, 0) is 4.43 Å². The van der Waals surface area contributed by atoms with Gasteiger partial charge in [-0.15, -0.1) is 0 Å². The Bertz CT molecular complexity index is 462. The molecule has 0 amide bonds. The summed E-state index contributed by atoms with van der Waals surface area (Å²) in [6.45, 7) is 10.9. The molecule has 1 N–H and O–H groups in total. The molecule has 0 saturated heterocycles. The van der Waals surface area contributed by atoms with Crippen LogP contribution in [0.4, 0.5) is 0 Å². The van der Waals surface area contributed by atoms with Crippen molar-refractivity contribution in [3.8, 4) is 0 Å². The van der Waals surface area contributed by atoms with Crippen LogP contribution in [0.1, 0.15) is 31.9 Å². The van der Waals surface area contributed by atoms with Gasteiger partial charge in [-0.2, -0.15) is 0 Å². The summed E-state index contributed by atoms with van der Waals surface area (Å²) in [6, 6.07) is 8.69. The molecule has 0 aliphatic rings. The van der Waals surface area contributed by atoms with Crippen LogP contribution in [0, 0.1) is 10.1 Å². The summed E-state index contributed by atoms with van der Waals surface area (Å²) in [4.78, 5) is 11.2. The van der Waals surface area contributed by atoms with Gasteiger partial charge in [0.2, 0.25) is 6.04 Å². The zero-order valence-electron chi connectivity index (χ0n) is 14.2. The van der Waals surface area contributed by atoms with E-state index in [0.717, 1.165) is 5.56 Å². The lowest BCUT2D eigenvalue weighted by atomic mass is 9.97. The molecule has 0 bridgehead atoms. The van der Waals surface area contributed by atoms with E-state index in [0.29, 0.717) is 13.0 Å². The number of benzene rings is 1. The second kappa shape index (κ2) is 8.41. The van der Waals surface area contributed by atoms with Crippen LogP contribution >= 0.6 is 0 Å². The molecule has 6 heteroatoms. The van der Waals surface area contributed by atoms with Gasteiger partial charge in [0.15, 0.2) is 8.32 Å². The van der Waals surface area contributed by atoms with Crippen LogP contribution in [0.5, 0.6) is 0 Å². The molecule has 22 heavy (non-hydrogen) atoms. The van der Waals surface area contributed by atoms with Gasteiger partial charge in [0.1, 0.15) is 6.04 Å². The predicted molar refractivity (Wildman–Crippen MR) is 92.2 cm³/mol. The Hall–Kier alpha value is -1.24. The van der Waals surface area contributed by atoms with Crippen molar-refractivity contribution in [3.05, 3.63) is 46.0 Å². The molecule has 0 saturated carbocycles. The van der Waals surface area contributed by atoms with Crippen molar-refractivity contribution in [2.75, 3.05) is 6.54 Å². The van der Waals surface area contributed by atoms with Crippen LogP contribution in [-0.4, -0.2) is 31.9 Å². The molecule has 0 aromatic heterocycles. The fourth-order valence-electron chi connectivity index (χ4n) is 2.58. The highest BCUT2D eigenvalue weighted by molar-refractivity contribution is 6.69. The summed E-state index contributed by atoms with van der Waals surface area (Å²) in [7, 11) is -1.60. The van der Waals surface area contributed by atoms with Gasteiger partial charge >= 0.3 is 0 Å². The van der Waals surface area contributed by atoms with Gasteiger partial charge in [-0.1, -0.05) is 37.3 Å². The van der Waals surface area contributed by atoms with Gasteiger partial charge in [0.05, 0.1) is 6.10 Å². The van der Waals surface area contributed by atoms with Crippen molar-refractivity contribution < 1.29 is 9.35 Å².